The second kappa shape index (κ2) is 7.63. The normalized spacial score (nSPS) is 22.8. The zero-order chi connectivity index (χ0) is 20.7. The molecule has 7 heteroatoms. The van der Waals surface area contributed by atoms with Crippen LogP contribution in [-0.4, -0.2) is 47.5 Å². The number of amides is 2. The number of piperidine rings is 2. The Bertz CT molecular complexity index is 995. The SMILES string of the molecule is O=C(c1cccc(F)c1)N1CC[C@@H]2[C@@H](CCC(=O)N2Cc2ccc3c(c2)OCO3)C1. The molecule has 3 aliphatic heterocycles. The van der Waals surface area contributed by atoms with Crippen LogP contribution in [0.5, 0.6) is 11.5 Å². The number of hydrogen-bond donors (Lipinski definition) is 0. The molecule has 0 radical (unpaired) electrons. The molecule has 0 unspecified atom stereocenters. The molecule has 2 fully saturated rings. The lowest BCUT2D eigenvalue weighted by atomic mass is 9.83. The first kappa shape index (κ1) is 18.9. The Hall–Kier alpha value is -3.09. The summed E-state index contributed by atoms with van der Waals surface area (Å²) in [6.07, 6.45) is 1.98. The van der Waals surface area contributed by atoms with Crippen LogP contribution in [-0.2, 0) is 11.3 Å². The molecule has 6 nitrogen and oxygen atoms in total. The molecule has 0 N–H and O–H groups in total. The Morgan fingerprint density at radius 3 is 2.83 bits per heavy atom. The van der Waals surface area contributed by atoms with Gasteiger partial charge in [-0.1, -0.05) is 12.1 Å². The summed E-state index contributed by atoms with van der Waals surface area (Å²) in [5, 5.41) is 0. The van der Waals surface area contributed by atoms with E-state index in [1.807, 2.05) is 23.1 Å². The molecule has 2 aromatic rings. The second-order valence-corrected chi connectivity index (χ2v) is 8.13. The third kappa shape index (κ3) is 3.49. The Morgan fingerprint density at radius 2 is 1.97 bits per heavy atom. The van der Waals surface area contributed by atoms with Crippen LogP contribution < -0.4 is 9.47 Å². The van der Waals surface area contributed by atoms with Crippen LogP contribution >= 0.6 is 0 Å². The molecule has 3 heterocycles. The number of hydrogen-bond acceptors (Lipinski definition) is 4. The molecule has 0 aliphatic carbocycles. The number of benzene rings is 2. The van der Waals surface area contributed by atoms with Crippen LogP contribution in [0.4, 0.5) is 4.39 Å². The van der Waals surface area contributed by atoms with Crippen LogP contribution in [0.15, 0.2) is 42.5 Å². The zero-order valence-electron chi connectivity index (χ0n) is 16.6. The topological polar surface area (TPSA) is 59.1 Å². The third-order valence-corrected chi connectivity index (χ3v) is 6.29. The average Bonchev–Trinajstić information content (AvgIpc) is 3.23. The van der Waals surface area contributed by atoms with E-state index in [0.29, 0.717) is 37.4 Å². The molecule has 0 bridgehead atoms. The van der Waals surface area contributed by atoms with Crippen LogP contribution in [0.1, 0.15) is 35.2 Å². The van der Waals surface area contributed by atoms with Crippen LogP contribution in [0.25, 0.3) is 0 Å². The van der Waals surface area contributed by atoms with Gasteiger partial charge in [0.15, 0.2) is 11.5 Å². The van der Waals surface area contributed by atoms with Gasteiger partial charge in [0, 0.05) is 37.7 Å². The predicted molar refractivity (Wildman–Crippen MR) is 107 cm³/mol. The molecule has 2 aromatic carbocycles. The number of ether oxygens (including phenoxy) is 2. The van der Waals surface area contributed by atoms with Gasteiger partial charge in [-0.2, -0.15) is 0 Å². The Morgan fingerprint density at radius 1 is 1.10 bits per heavy atom. The molecule has 30 heavy (non-hydrogen) atoms. The van der Waals surface area contributed by atoms with Gasteiger partial charge in [-0.05, 0) is 54.7 Å². The molecule has 156 valence electrons. The summed E-state index contributed by atoms with van der Waals surface area (Å²) in [7, 11) is 0. The second-order valence-electron chi connectivity index (χ2n) is 8.13. The van der Waals surface area contributed by atoms with Crippen LogP contribution in [0.3, 0.4) is 0 Å². The summed E-state index contributed by atoms with van der Waals surface area (Å²) < 4.78 is 24.3. The van der Waals surface area contributed by atoms with Gasteiger partial charge in [-0.25, -0.2) is 4.39 Å². The number of carbonyl (C=O) groups is 2. The molecular formula is C23H23FN2O4. The van der Waals surface area contributed by atoms with Crippen molar-refractivity contribution < 1.29 is 23.5 Å². The smallest absolute Gasteiger partial charge is 0.253 e. The maximum atomic E-state index is 13.5. The summed E-state index contributed by atoms with van der Waals surface area (Å²) in [6, 6.07) is 11.7. The third-order valence-electron chi connectivity index (χ3n) is 6.29. The lowest BCUT2D eigenvalue weighted by molar-refractivity contribution is -0.141. The maximum Gasteiger partial charge on any atom is 0.253 e. The van der Waals surface area contributed by atoms with Crippen molar-refractivity contribution in [3.05, 3.63) is 59.4 Å². The number of halogens is 1. The van der Waals surface area contributed by atoms with E-state index in [0.717, 1.165) is 24.2 Å². The zero-order valence-corrected chi connectivity index (χ0v) is 16.6. The van der Waals surface area contributed by atoms with E-state index >= 15 is 0 Å². The first-order valence-corrected chi connectivity index (χ1v) is 10.3. The lowest BCUT2D eigenvalue weighted by Crippen LogP contribution is -2.56. The van der Waals surface area contributed by atoms with Crippen molar-refractivity contribution in [3.8, 4) is 11.5 Å². The minimum atomic E-state index is -0.408. The highest BCUT2D eigenvalue weighted by Crippen LogP contribution is 2.36. The van der Waals surface area contributed by atoms with Gasteiger partial charge in [-0.3, -0.25) is 9.59 Å². The molecule has 2 saturated heterocycles. The quantitative estimate of drug-likeness (QED) is 0.780. The number of fused-ring (bicyclic) bond motifs is 2. The molecular weight excluding hydrogens is 387 g/mol. The van der Waals surface area contributed by atoms with Crippen LogP contribution in [0.2, 0.25) is 0 Å². The van der Waals surface area contributed by atoms with E-state index in [2.05, 4.69) is 0 Å². The fraction of sp³-hybridized carbons (Fsp3) is 0.391. The standard InChI is InChI=1S/C23H23FN2O4/c24-18-3-1-2-16(11-18)23(28)25-9-8-19-17(13-25)5-7-22(27)26(19)12-15-4-6-20-21(10-15)30-14-29-20/h1-4,6,10-11,17,19H,5,7-9,12-14H2/t17-,19+/m0/s1. The summed E-state index contributed by atoms with van der Waals surface area (Å²) in [5.74, 6) is 1.26. The van der Waals surface area contributed by atoms with Crippen molar-refractivity contribution >= 4 is 11.8 Å². The van der Waals surface area contributed by atoms with Gasteiger partial charge < -0.3 is 19.3 Å². The highest BCUT2D eigenvalue weighted by molar-refractivity contribution is 5.94. The number of nitrogens with zero attached hydrogens (tertiary/aromatic N) is 2. The maximum absolute atomic E-state index is 13.5. The molecule has 5 rings (SSSR count). The minimum Gasteiger partial charge on any atom is -0.454 e. The highest BCUT2D eigenvalue weighted by Gasteiger charge is 2.40. The summed E-state index contributed by atoms with van der Waals surface area (Å²) in [5.41, 5.74) is 1.38. The summed E-state index contributed by atoms with van der Waals surface area (Å²) >= 11 is 0. The average molecular weight is 410 g/mol. The van der Waals surface area contributed by atoms with Crippen LogP contribution in [0, 0.1) is 11.7 Å². The summed E-state index contributed by atoms with van der Waals surface area (Å²) in [4.78, 5) is 29.3. The van der Waals surface area contributed by atoms with E-state index in [4.69, 9.17) is 9.47 Å². The fourth-order valence-electron chi connectivity index (χ4n) is 4.78. The Kier molecular flexibility index (Phi) is 4.81. The van der Waals surface area contributed by atoms with Gasteiger partial charge >= 0.3 is 0 Å². The highest BCUT2D eigenvalue weighted by atomic mass is 19.1. The number of rotatable bonds is 3. The number of likely N-dealkylation sites (tertiary alicyclic amines) is 2. The van der Waals surface area contributed by atoms with Crippen molar-refractivity contribution in [2.24, 2.45) is 5.92 Å². The molecule has 3 aliphatic rings. The largest absolute Gasteiger partial charge is 0.454 e. The fourth-order valence-corrected chi connectivity index (χ4v) is 4.78. The van der Waals surface area contributed by atoms with Crippen molar-refractivity contribution in [2.75, 3.05) is 19.9 Å². The summed E-state index contributed by atoms with van der Waals surface area (Å²) in [6.45, 7) is 1.89. The molecule has 0 spiro atoms. The van der Waals surface area contributed by atoms with E-state index in [1.165, 1.54) is 12.1 Å². The van der Waals surface area contributed by atoms with Crippen molar-refractivity contribution in [1.29, 1.82) is 0 Å². The van der Waals surface area contributed by atoms with Gasteiger partial charge in [-0.15, -0.1) is 0 Å². The van der Waals surface area contributed by atoms with Gasteiger partial charge in [0.05, 0.1) is 0 Å². The van der Waals surface area contributed by atoms with Gasteiger partial charge in [0.25, 0.3) is 5.91 Å². The first-order valence-electron chi connectivity index (χ1n) is 10.3. The van der Waals surface area contributed by atoms with Crippen molar-refractivity contribution in [3.63, 3.8) is 0 Å². The van der Waals surface area contributed by atoms with E-state index < -0.39 is 5.82 Å². The first-order chi connectivity index (χ1) is 14.6. The molecule has 0 aromatic heterocycles. The Balaban J connectivity index is 1.30. The minimum absolute atomic E-state index is 0.105. The lowest BCUT2D eigenvalue weighted by Gasteiger charge is -2.47. The molecule has 2 amide bonds. The van der Waals surface area contributed by atoms with E-state index in [-0.39, 0.29) is 30.6 Å². The number of carbonyl (C=O) groups excluding carboxylic acids is 2. The van der Waals surface area contributed by atoms with Crippen molar-refractivity contribution in [2.45, 2.75) is 31.8 Å². The molecule has 0 saturated carbocycles. The van der Waals surface area contributed by atoms with E-state index in [9.17, 15) is 14.0 Å². The monoisotopic (exact) mass is 410 g/mol. The molecule has 2 atom stereocenters. The van der Waals surface area contributed by atoms with Gasteiger partial charge in [0.2, 0.25) is 12.7 Å². The Labute approximate surface area is 174 Å². The van der Waals surface area contributed by atoms with E-state index in [1.54, 1.807) is 17.0 Å². The predicted octanol–water partition coefficient (Wildman–Crippen LogP) is 3.21. The van der Waals surface area contributed by atoms with Crippen molar-refractivity contribution in [1.82, 2.24) is 9.80 Å². The van der Waals surface area contributed by atoms with Gasteiger partial charge in [0.1, 0.15) is 5.82 Å².